The lowest BCUT2D eigenvalue weighted by molar-refractivity contribution is 0.0394. The highest BCUT2D eigenvalue weighted by atomic mass is 32.1. The van der Waals surface area contributed by atoms with Crippen molar-refractivity contribution in [1.82, 2.24) is 14.8 Å². The molecule has 4 rings (SSSR count). The van der Waals surface area contributed by atoms with Crippen LogP contribution in [-0.2, 0) is 5.54 Å². The highest BCUT2D eigenvalue weighted by molar-refractivity contribution is 7.12. The molecule has 0 radical (unpaired) electrons. The number of carbonyl (C=O) groups excluding carboxylic acids is 1. The Labute approximate surface area is 166 Å². The van der Waals surface area contributed by atoms with Crippen LogP contribution in [0.5, 0.6) is 0 Å². The maximum absolute atomic E-state index is 12.8. The zero-order chi connectivity index (χ0) is 19.1. The van der Waals surface area contributed by atoms with Gasteiger partial charge in [0.05, 0.1) is 5.54 Å². The van der Waals surface area contributed by atoms with E-state index in [1.165, 1.54) is 35.4 Å². The normalized spacial score (nSPS) is 28.2. The summed E-state index contributed by atoms with van der Waals surface area (Å²) in [5, 5.41) is 0. The molecule has 2 aromatic heterocycles. The third-order valence-corrected chi connectivity index (χ3v) is 8.04. The van der Waals surface area contributed by atoms with Gasteiger partial charge in [0.15, 0.2) is 0 Å². The Bertz CT molecular complexity index is 806. The highest BCUT2D eigenvalue weighted by Crippen LogP contribution is 2.53. The monoisotopic (exact) mass is 383 g/mol. The maximum Gasteiger partial charge on any atom is 0.253 e. The predicted octanol–water partition coefficient (Wildman–Crippen LogP) is 4.31. The van der Waals surface area contributed by atoms with Crippen molar-refractivity contribution in [3.05, 3.63) is 52.0 Å². The second-order valence-electron chi connectivity index (χ2n) is 8.55. The Morgan fingerprint density at radius 3 is 2.37 bits per heavy atom. The quantitative estimate of drug-likeness (QED) is 0.792. The number of carbonyl (C=O) groups is 1. The molecule has 1 spiro atoms. The first-order valence-corrected chi connectivity index (χ1v) is 10.7. The van der Waals surface area contributed by atoms with Crippen LogP contribution in [0.3, 0.4) is 0 Å². The third kappa shape index (κ3) is 3.32. The van der Waals surface area contributed by atoms with E-state index >= 15 is 0 Å². The van der Waals surface area contributed by atoms with Gasteiger partial charge >= 0.3 is 0 Å². The van der Waals surface area contributed by atoms with Crippen LogP contribution in [0.15, 0.2) is 36.7 Å². The second-order valence-corrected chi connectivity index (χ2v) is 9.84. The lowest BCUT2D eigenvalue weighted by Gasteiger charge is -2.48. The molecule has 1 aliphatic carbocycles. The molecule has 27 heavy (non-hydrogen) atoms. The van der Waals surface area contributed by atoms with Gasteiger partial charge in [-0.3, -0.25) is 14.7 Å². The summed E-state index contributed by atoms with van der Waals surface area (Å²) in [4.78, 5) is 24.2. The molecule has 2 aliphatic rings. The number of nitrogens with zero attached hydrogens (tertiary/aromatic N) is 3. The number of hydrogen-bond donors (Lipinski definition) is 0. The van der Waals surface area contributed by atoms with Gasteiger partial charge in [-0.2, -0.15) is 0 Å². The Hall–Kier alpha value is -1.72. The van der Waals surface area contributed by atoms with Gasteiger partial charge in [0.1, 0.15) is 0 Å². The molecule has 5 heteroatoms. The number of aryl methyl sites for hydroxylation is 1. The van der Waals surface area contributed by atoms with Crippen molar-refractivity contribution in [3.8, 4) is 0 Å². The summed E-state index contributed by atoms with van der Waals surface area (Å²) in [5.74, 6) is 0.160. The number of rotatable bonds is 3. The molecule has 1 aliphatic heterocycles. The van der Waals surface area contributed by atoms with Crippen molar-refractivity contribution in [2.24, 2.45) is 5.41 Å². The highest BCUT2D eigenvalue weighted by Gasteiger charge is 2.48. The maximum atomic E-state index is 12.8. The average Bonchev–Trinajstić information content (AvgIpc) is 3.30. The molecular formula is C22H29N3OS. The van der Waals surface area contributed by atoms with E-state index in [0.717, 1.165) is 25.1 Å². The van der Waals surface area contributed by atoms with Crippen LogP contribution in [0, 0.1) is 12.3 Å². The summed E-state index contributed by atoms with van der Waals surface area (Å²) in [5.41, 5.74) is 1.22. The van der Waals surface area contributed by atoms with Gasteiger partial charge < -0.3 is 4.90 Å². The average molecular weight is 384 g/mol. The van der Waals surface area contributed by atoms with E-state index in [4.69, 9.17) is 0 Å². The van der Waals surface area contributed by atoms with Gasteiger partial charge in [-0.25, -0.2) is 0 Å². The summed E-state index contributed by atoms with van der Waals surface area (Å²) in [6.07, 6.45) is 9.29. The zero-order valence-corrected chi connectivity index (χ0v) is 17.4. The van der Waals surface area contributed by atoms with Gasteiger partial charge in [-0.15, -0.1) is 11.3 Å². The first-order chi connectivity index (χ1) is 12.9. The van der Waals surface area contributed by atoms with Crippen molar-refractivity contribution in [3.63, 3.8) is 0 Å². The number of pyridine rings is 1. The van der Waals surface area contributed by atoms with E-state index < -0.39 is 0 Å². The van der Waals surface area contributed by atoms with Crippen molar-refractivity contribution in [2.75, 3.05) is 27.2 Å². The molecule has 0 atom stereocenters. The summed E-state index contributed by atoms with van der Waals surface area (Å²) in [6, 6.07) is 8.22. The first-order valence-electron chi connectivity index (χ1n) is 9.88. The van der Waals surface area contributed by atoms with Crippen LogP contribution in [-0.4, -0.2) is 47.9 Å². The fraction of sp³-hybridized carbons (Fsp3) is 0.545. The fourth-order valence-electron chi connectivity index (χ4n) is 4.99. The van der Waals surface area contributed by atoms with E-state index in [1.807, 2.05) is 23.5 Å². The van der Waals surface area contributed by atoms with Gasteiger partial charge in [0, 0.05) is 40.8 Å². The molecule has 1 amide bonds. The van der Waals surface area contributed by atoms with Crippen molar-refractivity contribution < 1.29 is 4.79 Å². The molecule has 0 unspecified atom stereocenters. The third-order valence-electron chi connectivity index (χ3n) is 6.85. The predicted molar refractivity (Wildman–Crippen MR) is 110 cm³/mol. The number of thiophene rings is 1. The molecule has 1 saturated heterocycles. The minimum Gasteiger partial charge on any atom is -0.338 e. The molecular weight excluding hydrogens is 354 g/mol. The van der Waals surface area contributed by atoms with E-state index in [2.05, 4.69) is 47.9 Å². The SMILES string of the molecule is Cc1ccc(C2(N(C)C)CCC3(CCN(C(=O)c4ccncc4)C3)CC2)s1. The van der Waals surface area contributed by atoms with Crippen LogP contribution >= 0.6 is 11.3 Å². The standard InChI is InChI=1S/C22H29N3OS/c1-17-4-5-19(27-17)22(24(2)3)10-8-21(9-11-22)12-15-25(16-21)20(26)18-6-13-23-14-7-18/h4-7,13-14H,8-12,15-16H2,1-3H3. The van der Waals surface area contributed by atoms with E-state index in [1.54, 1.807) is 12.4 Å². The molecule has 3 heterocycles. The molecule has 0 aromatic carbocycles. The van der Waals surface area contributed by atoms with Crippen LogP contribution in [0.4, 0.5) is 0 Å². The van der Waals surface area contributed by atoms with Crippen LogP contribution in [0.2, 0.25) is 0 Å². The fourth-order valence-corrected chi connectivity index (χ4v) is 6.18. The lowest BCUT2D eigenvalue weighted by Crippen LogP contribution is -2.47. The Kier molecular flexibility index (Phi) is 4.85. The molecule has 144 valence electrons. The minimum atomic E-state index is 0.159. The number of amides is 1. The molecule has 2 fully saturated rings. The summed E-state index contributed by atoms with van der Waals surface area (Å²) >= 11 is 1.94. The second kappa shape index (κ2) is 7.02. The number of aromatic nitrogens is 1. The van der Waals surface area contributed by atoms with Gasteiger partial charge in [0.25, 0.3) is 5.91 Å². The molecule has 0 bridgehead atoms. The summed E-state index contributed by atoms with van der Waals surface area (Å²) in [7, 11) is 4.45. The van der Waals surface area contributed by atoms with Crippen molar-refractivity contribution in [2.45, 2.75) is 44.6 Å². The smallest absolute Gasteiger partial charge is 0.253 e. The van der Waals surface area contributed by atoms with Gasteiger partial charge in [0.2, 0.25) is 0 Å². The Morgan fingerprint density at radius 1 is 1.07 bits per heavy atom. The summed E-state index contributed by atoms with van der Waals surface area (Å²) < 4.78 is 0. The van der Waals surface area contributed by atoms with Crippen LogP contribution in [0.25, 0.3) is 0 Å². The van der Waals surface area contributed by atoms with Crippen LogP contribution in [0.1, 0.15) is 52.2 Å². The van der Waals surface area contributed by atoms with E-state index in [-0.39, 0.29) is 11.4 Å². The lowest BCUT2D eigenvalue weighted by atomic mass is 9.66. The van der Waals surface area contributed by atoms with Crippen LogP contribution < -0.4 is 0 Å². The molecule has 4 nitrogen and oxygen atoms in total. The van der Waals surface area contributed by atoms with E-state index in [0.29, 0.717) is 5.41 Å². The van der Waals surface area contributed by atoms with Gasteiger partial charge in [-0.05, 0) is 82.8 Å². The topological polar surface area (TPSA) is 36.4 Å². The first kappa shape index (κ1) is 18.6. The van der Waals surface area contributed by atoms with Crippen molar-refractivity contribution >= 4 is 17.2 Å². The molecule has 0 N–H and O–H groups in total. The van der Waals surface area contributed by atoms with Crippen molar-refractivity contribution in [1.29, 1.82) is 0 Å². The van der Waals surface area contributed by atoms with E-state index in [9.17, 15) is 4.79 Å². The number of likely N-dealkylation sites (tertiary alicyclic amines) is 1. The minimum absolute atomic E-state index is 0.159. The largest absolute Gasteiger partial charge is 0.338 e. The summed E-state index contributed by atoms with van der Waals surface area (Å²) in [6.45, 7) is 3.98. The molecule has 2 aromatic rings. The molecule has 1 saturated carbocycles. The Balaban J connectivity index is 1.48. The Morgan fingerprint density at radius 2 is 1.78 bits per heavy atom. The van der Waals surface area contributed by atoms with Gasteiger partial charge in [-0.1, -0.05) is 0 Å². The zero-order valence-electron chi connectivity index (χ0n) is 16.6. The number of hydrogen-bond acceptors (Lipinski definition) is 4.